The number of carbonyl (C=O) groups excluding carboxylic acids is 1. The highest BCUT2D eigenvalue weighted by Crippen LogP contribution is 2.29. The minimum Gasteiger partial charge on any atom is -0.391 e. The zero-order chi connectivity index (χ0) is 13.3. The molecule has 6 heteroatoms. The molecule has 2 rings (SSSR count). The summed E-state index contributed by atoms with van der Waals surface area (Å²) in [5.41, 5.74) is 0.984. The monoisotopic (exact) mass is 271 g/mol. The fourth-order valence-corrected chi connectivity index (χ4v) is 2.43. The summed E-state index contributed by atoms with van der Waals surface area (Å²) in [6, 6.07) is 0. The molecule has 1 aliphatic carbocycles. The Labute approximate surface area is 111 Å². The van der Waals surface area contributed by atoms with Crippen LogP contribution in [0.25, 0.3) is 0 Å². The third-order valence-electron chi connectivity index (χ3n) is 3.55. The number of halogens is 1. The molecule has 1 atom stereocenters. The normalized spacial score (nSPS) is 17.3. The largest absolute Gasteiger partial charge is 0.391 e. The summed E-state index contributed by atoms with van der Waals surface area (Å²) in [7, 11) is 1.69. The van der Waals surface area contributed by atoms with E-state index in [0.29, 0.717) is 22.3 Å². The molecule has 1 unspecified atom stereocenters. The lowest BCUT2D eigenvalue weighted by Gasteiger charge is -2.30. The van der Waals surface area contributed by atoms with Crippen molar-refractivity contribution in [1.29, 1.82) is 0 Å². The van der Waals surface area contributed by atoms with E-state index < -0.39 is 6.10 Å². The van der Waals surface area contributed by atoms with Crippen molar-refractivity contribution in [1.82, 2.24) is 15.1 Å². The van der Waals surface area contributed by atoms with Crippen LogP contribution < -0.4 is 5.32 Å². The SMILES string of the molecule is Cc1nn(C)c(Cl)c1C(=O)NCC(O)C1CCC1. The second kappa shape index (κ2) is 5.28. The molecule has 0 radical (unpaired) electrons. The van der Waals surface area contributed by atoms with Crippen LogP contribution in [0.2, 0.25) is 5.15 Å². The average Bonchev–Trinajstić information content (AvgIpc) is 2.47. The zero-order valence-corrected chi connectivity index (χ0v) is 11.4. The number of aliphatic hydroxyl groups is 1. The van der Waals surface area contributed by atoms with Gasteiger partial charge in [0.15, 0.2) is 0 Å². The van der Waals surface area contributed by atoms with Crippen LogP contribution in [0.4, 0.5) is 0 Å². The van der Waals surface area contributed by atoms with Gasteiger partial charge in [0.05, 0.1) is 17.4 Å². The van der Waals surface area contributed by atoms with E-state index in [9.17, 15) is 9.90 Å². The lowest BCUT2D eigenvalue weighted by Crippen LogP contribution is -2.38. The van der Waals surface area contributed by atoms with Crippen LogP contribution in [0.1, 0.15) is 35.3 Å². The Kier molecular flexibility index (Phi) is 3.92. The van der Waals surface area contributed by atoms with E-state index in [4.69, 9.17) is 11.6 Å². The van der Waals surface area contributed by atoms with Crippen LogP contribution in [0, 0.1) is 12.8 Å². The number of rotatable bonds is 4. The van der Waals surface area contributed by atoms with Gasteiger partial charge in [-0.3, -0.25) is 9.48 Å². The standard InChI is InChI=1S/C12H18ClN3O2/c1-7-10(11(13)16(2)15-7)12(18)14-6-9(17)8-4-3-5-8/h8-9,17H,3-6H2,1-2H3,(H,14,18). The molecule has 5 nitrogen and oxygen atoms in total. The van der Waals surface area contributed by atoms with E-state index in [1.54, 1.807) is 14.0 Å². The number of carbonyl (C=O) groups is 1. The third kappa shape index (κ3) is 2.52. The highest BCUT2D eigenvalue weighted by Gasteiger charge is 2.26. The van der Waals surface area contributed by atoms with E-state index >= 15 is 0 Å². The Morgan fingerprint density at radius 3 is 2.78 bits per heavy atom. The number of amides is 1. The van der Waals surface area contributed by atoms with E-state index in [-0.39, 0.29) is 12.5 Å². The van der Waals surface area contributed by atoms with Gasteiger partial charge in [-0.05, 0) is 25.7 Å². The van der Waals surface area contributed by atoms with E-state index in [2.05, 4.69) is 10.4 Å². The number of aliphatic hydroxyl groups excluding tert-OH is 1. The van der Waals surface area contributed by atoms with Crippen molar-refractivity contribution in [2.45, 2.75) is 32.3 Å². The summed E-state index contributed by atoms with van der Waals surface area (Å²) in [6.07, 6.45) is 2.80. The van der Waals surface area contributed by atoms with Gasteiger partial charge in [-0.1, -0.05) is 18.0 Å². The number of nitrogens with one attached hydrogen (secondary N) is 1. The van der Waals surface area contributed by atoms with Crippen molar-refractivity contribution < 1.29 is 9.90 Å². The van der Waals surface area contributed by atoms with Crippen molar-refractivity contribution in [2.75, 3.05) is 6.54 Å². The van der Waals surface area contributed by atoms with Crippen molar-refractivity contribution >= 4 is 17.5 Å². The predicted octanol–water partition coefficient (Wildman–Crippen LogP) is 1.27. The van der Waals surface area contributed by atoms with Crippen molar-refractivity contribution in [3.8, 4) is 0 Å². The van der Waals surface area contributed by atoms with Crippen molar-refractivity contribution in [3.63, 3.8) is 0 Å². The molecule has 100 valence electrons. The first-order chi connectivity index (χ1) is 8.50. The molecule has 0 aliphatic heterocycles. The minimum absolute atomic E-state index is 0.272. The quantitative estimate of drug-likeness (QED) is 0.867. The maximum absolute atomic E-state index is 12.0. The third-order valence-corrected chi connectivity index (χ3v) is 3.98. The molecule has 0 aromatic carbocycles. The molecule has 18 heavy (non-hydrogen) atoms. The first kappa shape index (κ1) is 13.4. The van der Waals surface area contributed by atoms with E-state index in [0.717, 1.165) is 12.8 Å². The zero-order valence-electron chi connectivity index (χ0n) is 10.6. The predicted molar refractivity (Wildman–Crippen MR) is 68.6 cm³/mol. The van der Waals surface area contributed by atoms with Crippen molar-refractivity contribution in [3.05, 3.63) is 16.4 Å². The van der Waals surface area contributed by atoms with Gasteiger partial charge >= 0.3 is 0 Å². The molecule has 0 saturated heterocycles. The Morgan fingerprint density at radius 1 is 1.67 bits per heavy atom. The number of aryl methyl sites for hydroxylation is 2. The maximum Gasteiger partial charge on any atom is 0.256 e. The Morgan fingerprint density at radius 2 is 2.33 bits per heavy atom. The highest BCUT2D eigenvalue weighted by molar-refractivity contribution is 6.33. The summed E-state index contributed by atoms with van der Waals surface area (Å²) in [5.74, 6) is 0.0553. The topological polar surface area (TPSA) is 67.2 Å². The molecule has 1 fully saturated rings. The second-order valence-corrected chi connectivity index (χ2v) is 5.20. The number of hydrogen-bond acceptors (Lipinski definition) is 3. The number of hydrogen-bond donors (Lipinski definition) is 2. The van der Waals surface area contributed by atoms with Crippen LogP contribution in [0.15, 0.2) is 0 Å². The summed E-state index contributed by atoms with van der Waals surface area (Å²) in [6.45, 7) is 2.01. The van der Waals surface area contributed by atoms with Crippen LogP contribution in [0.5, 0.6) is 0 Å². The number of aromatic nitrogens is 2. The molecule has 1 saturated carbocycles. The Hall–Kier alpha value is -1.07. The Bertz CT molecular complexity index is 454. The molecule has 2 N–H and O–H groups in total. The van der Waals surface area contributed by atoms with Gasteiger partial charge in [-0.25, -0.2) is 0 Å². The van der Waals surface area contributed by atoms with Gasteiger partial charge in [0, 0.05) is 13.6 Å². The van der Waals surface area contributed by atoms with E-state index in [1.165, 1.54) is 11.1 Å². The Balaban J connectivity index is 1.95. The summed E-state index contributed by atoms with van der Waals surface area (Å²) < 4.78 is 1.47. The lowest BCUT2D eigenvalue weighted by atomic mass is 9.81. The molecule has 0 bridgehead atoms. The fraction of sp³-hybridized carbons (Fsp3) is 0.667. The molecule has 1 aliphatic rings. The van der Waals surface area contributed by atoms with Crippen molar-refractivity contribution in [2.24, 2.45) is 13.0 Å². The molecule has 1 aromatic heterocycles. The van der Waals surface area contributed by atoms with Gasteiger partial charge in [0.25, 0.3) is 5.91 Å². The minimum atomic E-state index is -0.460. The molecular formula is C12H18ClN3O2. The van der Waals surface area contributed by atoms with Gasteiger partial charge in [-0.15, -0.1) is 0 Å². The van der Waals surface area contributed by atoms with Crippen LogP contribution >= 0.6 is 11.6 Å². The van der Waals surface area contributed by atoms with Crippen LogP contribution in [-0.2, 0) is 7.05 Å². The average molecular weight is 272 g/mol. The van der Waals surface area contributed by atoms with E-state index in [1.807, 2.05) is 0 Å². The summed E-state index contributed by atoms with van der Waals surface area (Å²) in [5, 5.41) is 17.0. The smallest absolute Gasteiger partial charge is 0.256 e. The highest BCUT2D eigenvalue weighted by atomic mass is 35.5. The first-order valence-corrected chi connectivity index (χ1v) is 6.54. The lowest BCUT2D eigenvalue weighted by molar-refractivity contribution is 0.0583. The fourth-order valence-electron chi connectivity index (χ4n) is 2.16. The van der Waals surface area contributed by atoms with Gasteiger partial charge < -0.3 is 10.4 Å². The molecule has 0 spiro atoms. The first-order valence-electron chi connectivity index (χ1n) is 6.16. The van der Waals surface area contributed by atoms with Gasteiger partial charge in [-0.2, -0.15) is 5.10 Å². The van der Waals surface area contributed by atoms with Gasteiger partial charge in [0.2, 0.25) is 0 Å². The molecule has 1 amide bonds. The van der Waals surface area contributed by atoms with Crippen LogP contribution in [-0.4, -0.2) is 33.4 Å². The summed E-state index contributed by atoms with van der Waals surface area (Å²) >= 11 is 6.00. The maximum atomic E-state index is 12.0. The second-order valence-electron chi connectivity index (χ2n) is 4.84. The molecule has 1 aromatic rings. The molecule has 1 heterocycles. The molecular weight excluding hydrogens is 254 g/mol. The summed E-state index contributed by atoms with van der Waals surface area (Å²) in [4.78, 5) is 12.0. The number of nitrogens with zero attached hydrogens (tertiary/aromatic N) is 2. The van der Waals surface area contributed by atoms with Crippen LogP contribution in [0.3, 0.4) is 0 Å². The van der Waals surface area contributed by atoms with Gasteiger partial charge in [0.1, 0.15) is 5.15 Å².